The SMILES string of the molecule is CCN(CC)c1ccc(/C=C(\C#N)C(=O)NCCN2CCOCC2)cc1. The van der Waals surface area contributed by atoms with Crippen LogP contribution in [0.15, 0.2) is 29.8 Å². The highest BCUT2D eigenvalue weighted by atomic mass is 16.5. The van der Waals surface area contributed by atoms with Gasteiger partial charge in [0.1, 0.15) is 11.6 Å². The van der Waals surface area contributed by atoms with E-state index in [2.05, 4.69) is 29.0 Å². The summed E-state index contributed by atoms with van der Waals surface area (Å²) in [4.78, 5) is 16.7. The average Bonchev–Trinajstić information content (AvgIpc) is 2.69. The number of hydrogen-bond acceptors (Lipinski definition) is 5. The second kappa shape index (κ2) is 10.6. The van der Waals surface area contributed by atoms with Crippen molar-refractivity contribution in [3.05, 3.63) is 35.4 Å². The third-order valence-corrected chi connectivity index (χ3v) is 4.52. The predicted molar refractivity (Wildman–Crippen MR) is 104 cm³/mol. The van der Waals surface area contributed by atoms with E-state index in [1.165, 1.54) is 0 Å². The van der Waals surface area contributed by atoms with Crippen molar-refractivity contribution >= 4 is 17.7 Å². The van der Waals surface area contributed by atoms with E-state index in [1.807, 2.05) is 30.3 Å². The topological polar surface area (TPSA) is 68.6 Å². The molecule has 0 radical (unpaired) electrons. The molecular formula is C20H28N4O2. The molecule has 0 atom stereocenters. The number of anilines is 1. The molecule has 6 heteroatoms. The van der Waals surface area contributed by atoms with Gasteiger partial charge in [0, 0.05) is 45.0 Å². The molecular weight excluding hydrogens is 328 g/mol. The first-order chi connectivity index (χ1) is 12.7. The molecule has 0 unspecified atom stereocenters. The largest absolute Gasteiger partial charge is 0.379 e. The molecule has 1 N–H and O–H groups in total. The van der Waals surface area contributed by atoms with E-state index < -0.39 is 0 Å². The van der Waals surface area contributed by atoms with Gasteiger partial charge in [-0.1, -0.05) is 12.1 Å². The first kappa shape index (κ1) is 20.0. The lowest BCUT2D eigenvalue weighted by molar-refractivity contribution is -0.117. The molecule has 140 valence electrons. The summed E-state index contributed by atoms with van der Waals surface area (Å²) in [5.41, 5.74) is 2.11. The number of nitrogens with one attached hydrogen (secondary N) is 1. The van der Waals surface area contributed by atoms with Gasteiger partial charge in [0.2, 0.25) is 0 Å². The van der Waals surface area contributed by atoms with Crippen LogP contribution < -0.4 is 10.2 Å². The highest BCUT2D eigenvalue weighted by Gasteiger charge is 2.12. The zero-order valence-electron chi connectivity index (χ0n) is 15.7. The van der Waals surface area contributed by atoms with Crippen LogP contribution in [0.3, 0.4) is 0 Å². The van der Waals surface area contributed by atoms with Crippen molar-refractivity contribution < 1.29 is 9.53 Å². The van der Waals surface area contributed by atoms with Crippen molar-refractivity contribution in [3.8, 4) is 6.07 Å². The van der Waals surface area contributed by atoms with Gasteiger partial charge in [-0.2, -0.15) is 5.26 Å². The highest BCUT2D eigenvalue weighted by molar-refractivity contribution is 6.01. The summed E-state index contributed by atoms with van der Waals surface area (Å²) in [5.74, 6) is -0.325. The molecule has 0 spiro atoms. The second-order valence-corrected chi connectivity index (χ2v) is 6.14. The van der Waals surface area contributed by atoms with Gasteiger partial charge < -0.3 is 15.0 Å². The van der Waals surface area contributed by atoms with Crippen molar-refractivity contribution in [2.45, 2.75) is 13.8 Å². The average molecular weight is 356 g/mol. The molecule has 2 rings (SSSR count). The summed E-state index contributed by atoms with van der Waals surface area (Å²) in [5, 5.41) is 12.1. The van der Waals surface area contributed by atoms with Gasteiger partial charge in [0.25, 0.3) is 5.91 Å². The molecule has 1 fully saturated rings. The Morgan fingerprint density at radius 1 is 1.27 bits per heavy atom. The Hall–Kier alpha value is -2.36. The minimum atomic E-state index is -0.325. The van der Waals surface area contributed by atoms with Crippen LogP contribution in [0.2, 0.25) is 0 Å². The maximum absolute atomic E-state index is 12.2. The number of rotatable bonds is 8. The fourth-order valence-electron chi connectivity index (χ4n) is 2.93. The van der Waals surface area contributed by atoms with Crippen LogP contribution in [0.1, 0.15) is 19.4 Å². The minimum absolute atomic E-state index is 0.127. The van der Waals surface area contributed by atoms with Gasteiger partial charge in [-0.25, -0.2) is 0 Å². The molecule has 1 aliphatic rings. The molecule has 0 bridgehead atoms. The molecule has 1 aliphatic heterocycles. The zero-order chi connectivity index (χ0) is 18.8. The summed E-state index contributed by atoms with van der Waals surface area (Å²) >= 11 is 0. The summed E-state index contributed by atoms with van der Waals surface area (Å²) < 4.78 is 5.30. The first-order valence-corrected chi connectivity index (χ1v) is 9.23. The standard InChI is InChI=1S/C20H28N4O2/c1-3-24(4-2)19-7-5-17(6-8-19)15-18(16-21)20(25)22-9-10-23-11-13-26-14-12-23/h5-8,15H,3-4,9-14H2,1-2H3,(H,22,25)/b18-15+. The number of carbonyl (C=O) groups is 1. The number of nitriles is 1. The van der Waals surface area contributed by atoms with Crippen LogP contribution >= 0.6 is 0 Å². The number of ether oxygens (including phenoxy) is 1. The molecule has 1 amide bonds. The van der Waals surface area contributed by atoms with E-state index >= 15 is 0 Å². The Balaban J connectivity index is 1.91. The quantitative estimate of drug-likeness (QED) is 0.569. The van der Waals surface area contributed by atoms with Crippen molar-refractivity contribution in [1.82, 2.24) is 10.2 Å². The lowest BCUT2D eigenvalue weighted by atomic mass is 10.1. The van der Waals surface area contributed by atoms with E-state index in [9.17, 15) is 10.1 Å². The van der Waals surface area contributed by atoms with Gasteiger partial charge in [-0.3, -0.25) is 9.69 Å². The van der Waals surface area contributed by atoms with Gasteiger partial charge >= 0.3 is 0 Å². The first-order valence-electron chi connectivity index (χ1n) is 9.23. The van der Waals surface area contributed by atoms with Gasteiger partial charge in [0.15, 0.2) is 0 Å². The van der Waals surface area contributed by atoms with Crippen LogP contribution in [0.4, 0.5) is 5.69 Å². The van der Waals surface area contributed by atoms with E-state index in [-0.39, 0.29) is 11.5 Å². The second-order valence-electron chi connectivity index (χ2n) is 6.14. The Kier molecular flexibility index (Phi) is 8.13. The van der Waals surface area contributed by atoms with Crippen molar-refractivity contribution in [2.75, 3.05) is 57.4 Å². The third-order valence-electron chi connectivity index (χ3n) is 4.52. The van der Waals surface area contributed by atoms with E-state index in [4.69, 9.17) is 4.74 Å². The van der Waals surface area contributed by atoms with Crippen LogP contribution in [0, 0.1) is 11.3 Å². The number of hydrogen-bond donors (Lipinski definition) is 1. The van der Waals surface area contributed by atoms with Gasteiger partial charge in [-0.15, -0.1) is 0 Å². The van der Waals surface area contributed by atoms with Crippen molar-refractivity contribution in [2.24, 2.45) is 0 Å². The third kappa shape index (κ3) is 5.87. The number of carbonyl (C=O) groups excluding carboxylic acids is 1. The normalized spacial score (nSPS) is 15.3. The monoisotopic (exact) mass is 356 g/mol. The highest BCUT2D eigenvalue weighted by Crippen LogP contribution is 2.16. The number of benzene rings is 1. The van der Waals surface area contributed by atoms with E-state index in [1.54, 1.807) is 6.08 Å². The molecule has 0 aliphatic carbocycles. The number of morpholine rings is 1. The Morgan fingerprint density at radius 3 is 2.50 bits per heavy atom. The van der Waals surface area contributed by atoms with E-state index in [0.717, 1.165) is 57.2 Å². The van der Waals surface area contributed by atoms with Crippen LogP contribution in [-0.2, 0) is 9.53 Å². The predicted octanol–water partition coefficient (Wildman–Crippen LogP) is 1.89. The number of amides is 1. The van der Waals surface area contributed by atoms with E-state index in [0.29, 0.717) is 6.54 Å². The van der Waals surface area contributed by atoms with Gasteiger partial charge in [-0.05, 0) is 37.6 Å². The molecule has 0 saturated carbocycles. The summed E-state index contributed by atoms with van der Waals surface area (Å²) in [6, 6.07) is 9.91. The Morgan fingerprint density at radius 2 is 1.92 bits per heavy atom. The zero-order valence-corrected chi connectivity index (χ0v) is 15.7. The van der Waals surface area contributed by atoms with Gasteiger partial charge in [0.05, 0.1) is 13.2 Å². The summed E-state index contributed by atoms with van der Waals surface area (Å²) in [6.07, 6.45) is 1.63. The van der Waals surface area contributed by atoms with Crippen molar-refractivity contribution in [3.63, 3.8) is 0 Å². The minimum Gasteiger partial charge on any atom is -0.379 e. The molecule has 6 nitrogen and oxygen atoms in total. The number of nitrogens with zero attached hydrogens (tertiary/aromatic N) is 3. The maximum Gasteiger partial charge on any atom is 0.261 e. The molecule has 0 aromatic heterocycles. The molecule has 26 heavy (non-hydrogen) atoms. The fraction of sp³-hybridized carbons (Fsp3) is 0.500. The summed E-state index contributed by atoms with van der Waals surface area (Å²) in [6.45, 7) is 10.7. The van der Waals surface area contributed by atoms with Crippen LogP contribution in [-0.4, -0.2) is 63.3 Å². The smallest absolute Gasteiger partial charge is 0.261 e. The van der Waals surface area contributed by atoms with Crippen LogP contribution in [0.25, 0.3) is 6.08 Å². The molecule has 1 heterocycles. The van der Waals surface area contributed by atoms with Crippen LogP contribution in [0.5, 0.6) is 0 Å². The molecule has 1 aromatic rings. The van der Waals surface area contributed by atoms with Crippen molar-refractivity contribution in [1.29, 1.82) is 5.26 Å². The lowest BCUT2D eigenvalue weighted by Crippen LogP contribution is -2.41. The summed E-state index contributed by atoms with van der Waals surface area (Å²) in [7, 11) is 0. The lowest BCUT2D eigenvalue weighted by Gasteiger charge is -2.26. The molecule has 1 saturated heterocycles. The fourth-order valence-corrected chi connectivity index (χ4v) is 2.93. The Bertz CT molecular complexity index is 639. The molecule has 1 aromatic carbocycles. The Labute approximate surface area is 156 Å². The maximum atomic E-state index is 12.2.